The lowest BCUT2D eigenvalue weighted by molar-refractivity contribution is -0.158. The molecule has 2 aliphatic carbocycles. The molecule has 3 aliphatic rings. The zero-order chi connectivity index (χ0) is 14.5. The van der Waals surface area contributed by atoms with E-state index < -0.39 is 5.54 Å². The van der Waals surface area contributed by atoms with Crippen molar-refractivity contribution in [2.45, 2.75) is 76.9 Å². The number of nitrogens with one attached hydrogen (secondary N) is 1. The van der Waals surface area contributed by atoms with Crippen LogP contribution in [-0.4, -0.2) is 34.3 Å². The topological polar surface area (TPSA) is 49.4 Å². The van der Waals surface area contributed by atoms with Crippen molar-refractivity contribution < 1.29 is 9.59 Å². The Hall–Kier alpha value is -1.06. The molecule has 1 saturated heterocycles. The summed E-state index contributed by atoms with van der Waals surface area (Å²) in [6.45, 7) is 5.87. The summed E-state index contributed by atoms with van der Waals surface area (Å²) in [5, 5.41) is 2.97. The minimum atomic E-state index is -0.704. The Morgan fingerprint density at radius 1 is 1.20 bits per heavy atom. The van der Waals surface area contributed by atoms with Crippen molar-refractivity contribution in [1.82, 2.24) is 10.2 Å². The summed E-state index contributed by atoms with van der Waals surface area (Å²) in [4.78, 5) is 27.4. The maximum Gasteiger partial charge on any atom is 0.248 e. The van der Waals surface area contributed by atoms with Gasteiger partial charge in [0.25, 0.3) is 0 Å². The molecule has 0 spiro atoms. The predicted octanol–water partition coefficient (Wildman–Crippen LogP) is 2.08. The highest BCUT2D eigenvalue weighted by Gasteiger charge is 2.54. The van der Waals surface area contributed by atoms with Crippen molar-refractivity contribution in [3.05, 3.63) is 0 Å². The van der Waals surface area contributed by atoms with Crippen LogP contribution in [0, 0.1) is 11.8 Å². The van der Waals surface area contributed by atoms with Crippen LogP contribution in [0.4, 0.5) is 0 Å². The first-order valence-electron chi connectivity index (χ1n) is 8.16. The second kappa shape index (κ2) is 4.74. The number of carbonyl (C=O) groups excluding carboxylic acids is 2. The van der Waals surface area contributed by atoms with Gasteiger partial charge in [0.15, 0.2) is 0 Å². The molecule has 2 unspecified atom stereocenters. The third kappa shape index (κ3) is 2.13. The van der Waals surface area contributed by atoms with E-state index in [0.717, 1.165) is 0 Å². The highest BCUT2D eigenvalue weighted by Crippen LogP contribution is 2.49. The van der Waals surface area contributed by atoms with Gasteiger partial charge in [-0.1, -0.05) is 13.8 Å². The summed E-state index contributed by atoms with van der Waals surface area (Å²) < 4.78 is 0. The van der Waals surface area contributed by atoms with Gasteiger partial charge in [-0.25, -0.2) is 0 Å². The lowest BCUT2D eigenvalue weighted by atomic mass is 9.88. The Kier molecular flexibility index (Phi) is 3.30. The lowest BCUT2D eigenvalue weighted by Crippen LogP contribution is -2.71. The average molecular weight is 278 g/mol. The highest BCUT2D eigenvalue weighted by atomic mass is 16.2. The van der Waals surface area contributed by atoms with Crippen molar-refractivity contribution in [3.63, 3.8) is 0 Å². The standard InChI is InChI=1S/C16H26N2O2/c1-4-12-14(19)17-16(3,5-2)15(20)18(12)13(10-6-7-10)11-8-9-11/h10-13H,4-9H2,1-3H3,(H,17,19). The fourth-order valence-electron chi connectivity index (χ4n) is 3.64. The van der Waals surface area contributed by atoms with Crippen LogP contribution >= 0.6 is 0 Å². The SMILES string of the molecule is CCC1C(=O)NC(C)(CC)C(=O)N1C(C1CC1)C1CC1. The summed E-state index contributed by atoms with van der Waals surface area (Å²) in [5.41, 5.74) is -0.704. The Morgan fingerprint density at radius 3 is 2.15 bits per heavy atom. The van der Waals surface area contributed by atoms with E-state index in [1.165, 1.54) is 25.7 Å². The van der Waals surface area contributed by atoms with E-state index in [0.29, 0.717) is 30.7 Å². The van der Waals surface area contributed by atoms with Gasteiger partial charge in [0.1, 0.15) is 11.6 Å². The number of hydrogen-bond acceptors (Lipinski definition) is 2. The van der Waals surface area contributed by atoms with E-state index in [-0.39, 0.29) is 17.9 Å². The summed E-state index contributed by atoms with van der Waals surface area (Å²) >= 11 is 0. The molecule has 0 aromatic heterocycles. The van der Waals surface area contributed by atoms with Crippen molar-refractivity contribution >= 4 is 11.8 Å². The van der Waals surface area contributed by atoms with Gasteiger partial charge in [-0.3, -0.25) is 9.59 Å². The van der Waals surface area contributed by atoms with Crippen LogP contribution in [0.1, 0.15) is 59.3 Å². The number of rotatable bonds is 5. The fraction of sp³-hybridized carbons (Fsp3) is 0.875. The quantitative estimate of drug-likeness (QED) is 0.837. The van der Waals surface area contributed by atoms with Crippen LogP contribution in [0.2, 0.25) is 0 Å². The first kappa shape index (κ1) is 13.9. The number of carbonyl (C=O) groups is 2. The molecule has 2 amide bonds. The molecule has 112 valence electrons. The molecule has 20 heavy (non-hydrogen) atoms. The minimum Gasteiger partial charge on any atom is -0.340 e. The van der Waals surface area contributed by atoms with E-state index in [1.807, 2.05) is 25.7 Å². The van der Waals surface area contributed by atoms with Gasteiger partial charge in [-0.2, -0.15) is 0 Å². The molecule has 1 aliphatic heterocycles. The van der Waals surface area contributed by atoms with Gasteiger partial charge < -0.3 is 10.2 Å². The van der Waals surface area contributed by atoms with Gasteiger partial charge in [0.2, 0.25) is 11.8 Å². The Bertz CT molecular complexity index is 416. The second-order valence-electron chi connectivity index (χ2n) is 6.98. The molecule has 0 aromatic rings. The number of piperazine rings is 1. The monoisotopic (exact) mass is 278 g/mol. The molecule has 3 rings (SSSR count). The van der Waals surface area contributed by atoms with Crippen molar-refractivity contribution in [1.29, 1.82) is 0 Å². The van der Waals surface area contributed by atoms with E-state index >= 15 is 0 Å². The molecule has 4 heteroatoms. The summed E-state index contributed by atoms with van der Waals surface area (Å²) in [6.07, 6.45) is 6.29. The number of hydrogen-bond donors (Lipinski definition) is 1. The van der Waals surface area contributed by atoms with Crippen molar-refractivity contribution in [2.75, 3.05) is 0 Å². The molecular formula is C16H26N2O2. The van der Waals surface area contributed by atoms with E-state index in [4.69, 9.17) is 0 Å². The summed E-state index contributed by atoms with van der Waals surface area (Å²) in [5.74, 6) is 1.48. The molecule has 1 N–H and O–H groups in total. The normalized spacial score (nSPS) is 34.6. The van der Waals surface area contributed by atoms with Crippen LogP contribution in [0.3, 0.4) is 0 Å². The zero-order valence-electron chi connectivity index (χ0n) is 12.8. The molecule has 0 radical (unpaired) electrons. The third-order valence-electron chi connectivity index (χ3n) is 5.37. The zero-order valence-corrected chi connectivity index (χ0v) is 12.8. The Morgan fingerprint density at radius 2 is 1.75 bits per heavy atom. The fourth-order valence-corrected chi connectivity index (χ4v) is 3.64. The molecule has 0 bridgehead atoms. The molecular weight excluding hydrogens is 252 g/mol. The third-order valence-corrected chi connectivity index (χ3v) is 5.37. The van der Waals surface area contributed by atoms with Gasteiger partial charge >= 0.3 is 0 Å². The Labute approximate surface area is 121 Å². The number of amides is 2. The van der Waals surface area contributed by atoms with Gasteiger partial charge in [-0.05, 0) is 57.3 Å². The van der Waals surface area contributed by atoms with Crippen molar-refractivity contribution in [3.8, 4) is 0 Å². The average Bonchev–Trinajstić information content (AvgIpc) is 3.28. The maximum absolute atomic E-state index is 13.0. The maximum atomic E-state index is 13.0. The first-order valence-corrected chi connectivity index (χ1v) is 8.16. The van der Waals surface area contributed by atoms with E-state index in [2.05, 4.69) is 5.32 Å². The van der Waals surface area contributed by atoms with E-state index in [1.54, 1.807) is 0 Å². The van der Waals surface area contributed by atoms with E-state index in [9.17, 15) is 9.59 Å². The molecule has 4 nitrogen and oxygen atoms in total. The first-order chi connectivity index (χ1) is 9.51. The van der Waals surface area contributed by atoms with Gasteiger partial charge in [-0.15, -0.1) is 0 Å². The Balaban J connectivity index is 1.93. The second-order valence-corrected chi connectivity index (χ2v) is 6.98. The van der Waals surface area contributed by atoms with Crippen LogP contribution in [0.5, 0.6) is 0 Å². The van der Waals surface area contributed by atoms with Crippen LogP contribution in [-0.2, 0) is 9.59 Å². The van der Waals surface area contributed by atoms with Crippen molar-refractivity contribution in [2.24, 2.45) is 11.8 Å². The largest absolute Gasteiger partial charge is 0.340 e. The van der Waals surface area contributed by atoms with Crippen LogP contribution in [0.15, 0.2) is 0 Å². The molecule has 0 aromatic carbocycles. The predicted molar refractivity (Wildman–Crippen MR) is 77.0 cm³/mol. The lowest BCUT2D eigenvalue weighted by Gasteiger charge is -2.47. The molecule has 2 saturated carbocycles. The van der Waals surface area contributed by atoms with Crippen LogP contribution < -0.4 is 5.32 Å². The smallest absolute Gasteiger partial charge is 0.248 e. The minimum absolute atomic E-state index is 0.0442. The van der Waals surface area contributed by atoms with Gasteiger partial charge in [0.05, 0.1) is 0 Å². The number of nitrogens with zero attached hydrogens (tertiary/aromatic N) is 1. The highest BCUT2D eigenvalue weighted by molar-refractivity contribution is 5.99. The summed E-state index contributed by atoms with van der Waals surface area (Å²) in [7, 11) is 0. The molecule has 3 fully saturated rings. The van der Waals surface area contributed by atoms with Crippen LogP contribution in [0.25, 0.3) is 0 Å². The molecule has 2 atom stereocenters. The summed E-state index contributed by atoms with van der Waals surface area (Å²) in [6, 6.07) is 0.0673. The van der Waals surface area contributed by atoms with Gasteiger partial charge in [0, 0.05) is 6.04 Å². The molecule has 1 heterocycles.